The molecule has 0 bridgehead atoms. The molecule has 402 valence electrons. The maximum absolute atomic E-state index is 14.4. The zero-order chi connectivity index (χ0) is 54.6. The second-order valence-corrected chi connectivity index (χ2v) is 19.3. The summed E-state index contributed by atoms with van der Waals surface area (Å²) >= 11 is 0. The highest BCUT2D eigenvalue weighted by Crippen LogP contribution is 2.20. The van der Waals surface area contributed by atoms with Crippen molar-refractivity contribution in [3.8, 4) is 0 Å². The molecule has 0 saturated carbocycles. The van der Waals surface area contributed by atoms with Crippen LogP contribution in [0.4, 0.5) is 0 Å². The molecule has 75 heavy (non-hydrogen) atoms. The number of hydrogen-bond acceptors (Lipinski definition) is 11. The predicted molar refractivity (Wildman–Crippen MR) is 278 cm³/mol. The lowest BCUT2D eigenvalue weighted by Gasteiger charge is -2.27. The number of rotatable bonds is 28. The average molecular weight is 1040 g/mol. The molecule has 0 aliphatic heterocycles. The molecule has 0 aliphatic rings. The molecule has 5 aromatic rings. The Kier molecular flexibility index (Phi) is 21.6. The summed E-state index contributed by atoms with van der Waals surface area (Å²) in [5.74, 6) is -5.88. The van der Waals surface area contributed by atoms with E-state index in [1.54, 1.807) is 44.3 Å². The molecule has 0 aliphatic carbocycles. The topological polar surface area (TPSA) is 335 Å². The molecule has 0 saturated heterocycles. The van der Waals surface area contributed by atoms with Crippen molar-refractivity contribution in [3.63, 3.8) is 0 Å². The Labute approximate surface area is 434 Å². The average Bonchev–Trinajstić information content (AvgIpc) is 4.17. The molecule has 9 amide bonds. The van der Waals surface area contributed by atoms with Crippen LogP contribution in [-0.2, 0) is 68.8 Å². The largest absolute Gasteiger partial charge is 0.361 e. The molecule has 12 N–H and O–H groups in total. The van der Waals surface area contributed by atoms with Crippen LogP contribution in [0.1, 0.15) is 77.4 Å². The second-order valence-electron chi connectivity index (χ2n) is 19.3. The lowest BCUT2D eigenvalue weighted by Crippen LogP contribution is -2.60. The molecule has 7 atom stereocenters. The van der Waals surface area contributed by atoms with Gasteiger partial charge in [-0.1, -0.05) is 76.2 Å². The van der Waals surface area contributed by atoms with Gasteiger partial charge in [-0.05, 0) is 42.4 Å². The summed E-state index contributed by atoms with van der Waals surface area (Å²) in [7, 11) is 0. The predicted octanol–water partition coefficient (Wildman–Crippen LogP) is 0.272. The van der Waals surface area contributed by atoms with Crippen molar-refractivity contribution in [2.45, 2.75) is 123 Å². The van der Waals surface area contributed by atoms with Gasteiger partial charge < -0.3 is 62.8 Å². The molecule has 2 aromatic carbocycles. The minimum atomic E-state index is -1.32. The number of benzene rings is 2. The van der Waals surface area contributed by atoms with Gasteiger partial charge in [0.2, 0.25) is 53.2 Å². The molecule has 0 fully saturated rings. The maximum Gasteiger partial charge on any atom is 0.243 e. The fourth-order valence-electron chi connectivity index (χ4n) is 8.28. The number of amides is 9. The van der Waals surface area contributed by atoms with Crippen LogP contribution in [-0.4, -0.2) is 133 Å². The third kappa shape index (κ3) is 18.6. The van der Waals surface area contributed by atoms with E-state index in [-0.39, 0.29) is 44.1 Å². The zero-order valence-corrected chi connectivity index (χ0v) is 43.3. The number of aromatic amines is 3. The van der Waals surface area contributed by atoms with Gasteiger partial charge in [-0.3, -0.25) is 43.2 Å². The normalized spacial score (nSPS) is 14.0. The number of carbonyl (C=O) groups is 9. The van der Waals surface area contributed by atoms with E-state index in [1.807, 2.05) is 44.2 Å². The van der Waals surface area contributed by atoms with Crippen LogP contribution in [0.15, 0.2) is 85.8 Å². The highest BCUT2D eigenvalue weighted by molar-refractivity contribution is 5.97. The standard InChI is InChI=1S/C52H70N14O9/c1-29(2)17-38(25-55-32(6)67)62-49(72)43(20-36-23-53-27-58-36)63-45(69)26-57-52(75)46(30(3)4)66-47(70)31(5)60-48(71)42(19-35-22-56-40-16-12-11-15-39(35)40)64-51(74)44(21-37-24-54-28-59-37)65-50(73)41(61-33(7)68)18-34-13-9-8-10-14-34/h8-16,22-24,27-31,38,41-44,46,56H,17-21,25-26H2,1-7H3,(H,53,58)(H,54,59)(H,55,67)(H,57,75)(H,60,71)(H,61,68)(H,62,72)(H,63,69)(H,64,74)(H,65,73)(H,66,70)/t31-,38-,41+,42-,43-,44-,46-/m0/s1. The number of hydrogen-bond donors (Lipinski definition) is 12. The first-order chi connectivity index (χ1) is 35.8. The van der Waals surface area contributed by atoms with Gasteiger partial charge in [-0.2, -0.15) is 0 Å². The lowest BCUT2D eigenvalue weighted by atomic mass is 10.0. The molecule has 3 aromatic heterocycles. The minimum absolute atomic E-state index is 0.0402. The summed E-state index contributed by atoms with van der Waals surface area (Å²) in [6.07, 6.45) is 8.15. The van der Waals surface area contributed by atoms with E-state index in [0.29, 0.717) is 23.4 Å². The van der Waals surface area contributed by atoms with Gasteiger partial charge in [0, 0.05) is 93.0 Å². The molecule has 5 rings (SSSR count). The highest BCUT2D eigenvalue weighted by Gasteiger charge is 2.34. The van der Waals surface area contributed by atoms with Crippen molar-refractivity contribution in [2.75, 3.05) is 13.1 Å². The molecular weight excluding hydrogens is 965 g/mol. The quantitative estimate of drug-likeness (QED) is 0.0323. The third-order valence-corrected chi connectivity index (χ3v) is 12.1. The van der Waals surface area contributed by atoms with Gasteiger partial charge in [0.25, 0.3) is 0 Å². The van der Waals surface area contributed by atoms with E-state index in [2.05, 4.69) is 72.8 Å². The summed E-state index contributed by atoms with van der Waals surface area (Å²) in [6.45, 7) is 11.0. The first-order valence-electron chi connectivity index (χ1n) is 24.9. The first-order valence-corrected chi connectivity index (χ1v) is 24.9. The van der Waals surface area contributed by atoms with E-state index < -0.39 is 102 Å². The maximum atomic E-state index is 14.4. The van der Waals surface area contributed by atoms with Crippen molar-refractivity contribution in [1.82, 2.24) is 72.8 Å². The van der Waals surface area contributed by atoms with E-state index in [0.717, 1.165) is 16.5 Å². The Bertz CT molecular complexity index is 2710. The highest BCUT2D eigenvalue weighted by atomic mass is 16.2. The van der Waals surface area contributed by atoms with Gasteiger partial charge in [-0.15, -0.1) is 0 Å². The van der Waals surface area contributed by atoms with Crippen LogP contribution in [0.5, 0.6) is 0 Å². The van der Waals surface area contributed by atoms with Crippen LogP contribution in [0.3, 0.4) is 0 Å². The lowest BCUT2D eigenvalue weighted by molar-refractivity contribution is -0.135. The monoisotopic (exact) mass is 1030 g/mol. The van der Waals surface area contributed by atoms with Gasteiger partial charge in [0.05, 0.1) is 19.2 Å². The number of para-hydroxylation sites is 1. The third-order valence-electron chi connectivity index (χ3n) is 12.1. The Morgan fingerprint density at radius 3 is 1.67 bits per heavy atom. The van der Waals surface area contributed by atoms with Crippen LogP contribution in [0, 0.1) is 11.8 Å². The Balaban J connectivity index is 1.27. The Hall–Kier alpha value is -8.37. The van der Waals surface area contributed by atoms with Crippen molar-refractivity contribution >= 4 is 64.1 Å². The van der Waals surface area contributed by atoms with Gasteiger partial charge in [0.1, 0.15) is 36.3 Å². The van der Waals surface area contributed by atoms with Crippen molar-refractivity contribution in [3.05, 3.63) is 108 Å². The summed E-state index contributed by atoms with van der Waals surface area (Å²) in [5, 5.41) is 25.2. The molecule has 0 radical (unpaired) electrons. The molecular formula is C52H70N14O9. The number of carbonyl (C=O) groups excluding carboxylic acids is 9. The molecule has 0 spiro atoms. The van der Waals surface area contributed by atoms with E-state index >= 15 is 0 Å². The molecule has 3 heterocycles. The number of aromatic nitrogens is 5. The Morgan fingerprint density at radius 1 is 0.533 bits per heavy atom. The SMILES string of the molecule is CC(=O)NC[C@H](CC(C)C)NC(=O)[C@H](Cc1cnc[nH]1)NC(=O)CNC(=O)[C@@H](NC(=O)[C@H](C)NC(=O)[C@H](Cc1c[nH]c2ccccc12)NC(=O)[C@H](Cc1cnc[nH]1)NC(=O)[C@@H](Cc1ccccc1)NC(C)=O)C(C)C. The summed E-state index contributed by atoms with van der Waals surface area (Å²) in [6, 6.07) is 8.78. The summed E-state index contributed by atoms with van der Waals surface area (Å²) in [4.78, 5) is 138. The second kappa shape index (κ2) is 28.2. The number of fused-ring (bicyclic) bond motifs is 1. The number of H-pyrrole nitrogens is 3. The van der Waals surface area contributed by atoms with E-state index in [4.69, 9.17) is 0 Å². The van der Waals surface area contributed by atoms with Gasteiger partial charge in [0.15, 0.2) is 0 Å². The summed E-state index contributed by atoms with van der Waals surface area (Å²) in [5.41, 5.74) is 3.25. The smallest absolute Gasteiger partial charge is 0.243 e. The Morgan fingerprint density at radius 2 is 1.09 bits per heavy atom. The fourth-order valence-corrected chi connectivity index (χ4v) is 8.28. The molecule has 0 unspecified atom stereocenters. The van der Waals surface area contributed by atoms with Crippen LogP contribution in [0.25, 0.3) is 10.9 Å². The van der Waals surface area contributed by atoms with E-state index in [1.165, 1.54) is 45.8 Å². The number of nitrogens with zero attached hydrogens (tertiary/aromatic N) is 2. The number of nitrogens with one attached hydrogen (secondary N) is 12. The van der Waals surface area contributed by atoms with Gasteiger partial charge >= 0.3 is 0 Å². The van der Waals surface area contributed by atoms with Crippen molar-refractivity contribution in [2.24, 2.45) is 11.8 Å². The van der Waals surface area contributed by atoms with Gasteiger partial charge in [-0.25, -0.2) is 9.97 Å². The van der Waals surface area contributed by atoms with E-state index in [9.17, 15) is 43.2 Å². The van der Waals surface area contributed by atoms with Crippen LogP contribution < -0.4 is 47.9 Å². The van der Waals surface area contributed by atoms with Crippen LogP contribution in [0.2, 0.25) is 0 Å². The van der Waals surface area contributed by atoms with Crippen molar-refractivity contribution < 1.29 is 43.2 Å². The van der Waals surface area contributed by atoms with Crippen LogP contribution >= 0.6 is 0 Å². The minimum Gasteiger partial charge on any atom is -0.361 e. The van der Waals surface area contributed by atoms with Crippen molar-refractivity contribution in [1.29, 1.82) is 0 Å². The molecule has 23 heteroatoms. The first kappa shape index (κ1) is 57.5. The summed E-state index contributed by atoms with van der Waals surface area (Å²) < 4.78 is 0. The zero-order valence-electron chi connectivity index (χ0n) is 43.3. The number of imidazole rings is 2. The fraction of sp³-hybridized carbons (Fsp3) is 0.442. The molecule has 23 nitrogen and oxygen atoms in total.